The molecule has 0 heterocycles. The molecule has 158 valence electrons. The zero-order chi connectivity index (χ0) is 21.5. The molecule has 0 spiro atoms. The Bertz CT molecular complexity index is 509. The maximum Gasteiger partial charge on any atom is 0.386 e. The van der Waals surface area contributed by atoms with Gasteiger partial charge in [-0.25, -0.2) is 24.2 Å². The van der Waals surface area contributed by atoms with Gasteiger partial charge in [-0.2, -0.15) is 0 Å². The van der Waals surface area contributed by atoms with Crippen LogP contribution in [0.4, 0.5) is 0 Å². The molecule has 0 aromatic rings. The quantitative estimate of drug-likeness (QED) is 0.120. The first-order valence-electron chi connectivity index (χ1n) is 7.07. The second-order valence-corrected chi connectivity index (χ2v) is 5.19. The minimum absolute atomic E-state index is 1.04. The standard InChI is InChI=1S/C12H20O15/c13-1-2(14)3(15)4(16)8(20)11(24)26-27-12(25)9(21)6(18)5(17)7(19)10(22)23/h2-9,13-21H,1H2,(H,22,23). The molecule has 8 unspecified atom stereocenters. The number of carbonyl (C=O) groups is 3. The van der Waals surface area contributed by atoms with E-state index in [1.165, 1.54) is 0 Å². The van der Waals surface area contributed by atoms with Gasteiger partial charge in [0.1, 0.15) is 30.5 Å². The van der Waals surface area contributed by atoms with Gasteiger partial charge in [-0.1, -0.05) is 0 Å². The molecule has 0 aromatic carbocycles. The van der Waals surface area contributed by atoms with E-state index >= 15 is 0 Å². The van der Waals surface area contributed by atoms with Crippen molar-refractivity contribution in [3.8, 4) is 0 Å². The average molecular weight is 404 g/mol. The lowest BCUT2D eigenvalue weighted by molar-refractivity contribution is -0.276. The van der Waals surface area contributed by atoms with Gasteiger partial charge < -0.3 is 51.1 Å². The van der Waals surface area contributed by atoms with Crippen molar-refractivity contribution in [2.75, 3.05) is 6.61 Å². The van der Waals surface area contributed by atoms with Gasteiger partial charge in [0.05, 0.1) is 6.61 Å². The van der Waals surface area contributed by atoms with Crippen LogP contribution in [-0.2, 0) is 24.2 Å². The molecule has 0 fully saturated rings. The van der Waals surface area contributed by atoms with Crippen LogP contribution < -0.4 is 0 Å². The number of hydrogen-bond donors (Lipinski definition) is 10. The fraction of sp³-hybridized carbons (Fsp3) is 0.750. The van der Waals surface area contributed by atoms with E-state index in [1.54, 1.807) is 0 Å². The number of aliphatic hydroxyl groups excluding tert-OH is 9. The van der Waals surface area contributed by atoms with Gasteiger partial charge in [0.25, 0.3) is 0 Å². The molecule has 0 saturated heterocycles. The summed E-state index contributed by atoms with van der Waals surface area (Å²) in [6.45, 7) is -1.04. The van der Waals surface area contributed by atoms with Crippen molar-refractivity contribution in [2.45, 2.75) is 48.8 Å². The number of aliphatic hydroxyl groups is 9. The maximum atomic E-state index is 11.4. The summed E-state index contributed by atoms with van der Waals surface area (Å²) in [6.07, 6.45) is -19.5. The second-order valence-electron chi connectivity index (χ2n) is 5.19. The van der Waals surface area contributed by atoms with Gasteiger partial charge in [-0.3, -0.25) is 0 Å². The van der Waals surface area contributed by atoms with E-state index in [1.807, 2.05) is 0 Å². The molecule has 0 aliphatic carbocycles. The Balaban J connectivity index is 4.71. The molecule has 0 amide bonds. The van der Waals surface area contributed by atoms with Gasteiger partial charge in [0, 0.05) is 0 Å². The molecule has 0 aromatic heterocycles. The van der Waals surface area contributed by atoms with Crippen LogP contribution in [0, 0.1) is 0 Å². The Morgan fingerprint density at radius 3 is 1.30 bits per heavy atom. The normalized spacial score (nSPS) is 20.3. The molecule has 0 saturated carbocycles. The molecule has 8 atom stereocenters. The highest BCUT2D eigenvalue weighted by Crippen LogP contribution is 2.09. The van der Waals surface area contributed by atoms with Crippen LogP contribution >= 0.6 is 0 Å². The number of aliphatic carboxylic acids is 1. The first kappa shape index (κ1) is 25.1. The van der Waals surface area contributed by atoms with Crippen molar-refractivity contribution in [1.82, 2.24) is 0 Å². The molecule has 0 aliphatic heterocycles. The Labute approximate surface area is 149 Å². The molecular formula is C12H20O15. The SMILES string of the molecule is O=C(OOC(=O)C(O)C(O)C(O)C(O)C(=O)O)C(O)C(O)C(O)C(O)CO. The van der Waals surface area contributed by atoms with Crippen LogP contribution in [0.15, 0.2) is 0 Å². The molecular weight excluding hydrogens is 384 g/mol. The van der Waals surface area contributed by atoms with Crippen LogP contribution in [0.1, 0.15) is 0 Å². The van der Waals surface area contributed by atoms with Gasteiger partial charge in [0.2, 0.25) is 0 Å². The van der Waals surface area contributed by atoms with E-state index in [0.29, 0.717) is 0 Å². The third-order valence-corrected chi connectivity index (χ3v) is 3.19. The van der Waals surface area contributed by atoms with Crippen molar-refractivity contribution in [3.63, 3.8) is 0 Å². The Morgan fingerprint density at radius 1 is 0.630 bits per heavy atom. The highest BCUT2D eigenvalue weighted by Gasteiger charge is 2.40. The van der Waals surface area contributed by atoms with E-state index in [0.717, 1.165) is 0 Å². The minimum atomic E-state index is -2.70. The molecule has 15 nitrogen and oxygen atoms in total. The smallest absolute Gasteiger partial charge is 0.386 e. The van der Waals surface area contributed by atoms with Crippen molar-refractivity contribution >= 4 is 17.9 Å². The van der Waals surface area contributed by atoms with Crippen LogP contribution in [0.2, 0.25) is 0 Å². The lowest BCUT2D eigenvalue weighted by Gasteiger charge is -2.24. The molecule has 0 radical (unpaired) electrons. The minimum Gasteiger partial charge on any atom is -0.479 e. The van der Waals surface area contributed by atoms with Gasteiger partial charge in [-0.05, 0) is 0 Å². The summed E-state index contributed by atoms with van der Waals surface area (Å²) >= 11 is 0. The highest BCUT2D eigenvalue weighted by atomic mass is 17.2. The predicted octanol–water partition coefficient (Wildman–Crippen LogP) is -7.05. The third kappa shape index (κ3) is 6.94. The van der Waals surface area contributed by atoms with Crippen molar-refractivity contribution in [1.29, 1.82) is 0 Å². The van der Waals surface area contributed by atoms with Crippen LogP contribution in [0.25, 0.3) is 0 Å². The fourth-order valence-corrected chi connectivity index (χ4v) is 1.50. The van der Waals surface area contributed by atoms with Crippen molar-refractivity contribution in [2.24, 2.45) is 0 Å². The van der Waals surface area contributed by atoms with E-state index in [4.69, 9.17) is 20.4 Å². The van der Waals surface area contributed by atoms with Gasteiger partial charge >= 0.3 is 17.9 Å². The second kappa shape index (κ2) is 11.0. The summed E-state index contributed by atoms with van der Waals surface area (Å²) in [5, 5.41) is 91.0. The summed E-state index contributed by atoms with van der Waals surface area (Å²) in [5.74, 6) is -5.87. The maximum absolute atomic E-state index is 11.4. The molecule has 27 heavy (non-hydrogen) atoms. The summed E-state index contributed by atoms with van der Waals surface area (Å²) in [6, 6.07) is 0. The number of carbonyl (C=O) groups excluding carboxylic acids is 2. The Morgan fingerprint density at radius 2 is 0.963 bits per heavy atom. The van der Waals surface area contributed by atoms with E-state index in [9.17, 15) is 45.0 Å². The zero-order valence-electron chi connectivity index (χ0n) is 13.3. The molecule has 0 bridgehead atoms. The number of carboxylic acid groups (broad SMARTS) is 1. The monoisotopic (exact) mass is 404 g/mol. The topological polar surface area (TPSA) is 272 Å². The van der Waals surface area contributed by atoms with E-state index < -0.39 is 73.3 Å². The summed E-state index contributed by atoms with van der Waals surface area (Å²) in [4.78, 5) is 40.6. The van der Waals surface area contributed by atoms with E-state index in [2.05, 4.69) is 9.78 Å². The summed E-state index contributed by atoms with van der Waals surface area (Å²) in [5.41, 5.74) is 0. The lowest BCUT2D eigenvalue weighted by Crippen LogP contribution is -2.51. The molecule has 15 heteroatoms. The average Bonchev–Trinajstić information content (AvgIpc) is 2.66. The van der Waals surface area contributed by atoms with Crippen molar-refractivity contribution in [3.05, 3.63) is 0 Å². The van der Waals surface area contributed by atoms with Crippen LogP contribution in [0.5, 0.6) is 0 Å². The first-order chi connectivity index (χ1) is 12.4. The predicted molar refractivity (Wildman–Crippen MR) is 75.0 cm³/mol. The summed E-state index contributed by atoms with van der Waals surface area (Å²) in [7, 11) is 0. The van der Waals surface area contributed by atoms with Gasteiger partial charge in [0.15, 0.2) is 18.3 Å². The largest absolute Gasteiger partial charge is 0.479 e. The first-order valence-corrected chi connectivity index (χ1v) is 7.07. The zero-order valence-corrected chi connectivity index (χ0v) is 13.3. The number of hydrogen-bond acceptors (Lipinski definition) is 14. The molecule has 10 N–H and O–H groups in total. The third-order valence-electron chi connectivity index (χ3n) is 3.19. The number of rotatable bonds is 10. The Hall–Kier alpha value is -1.95. The fourth-order valence-electron chi connectivity index (χ4n) is 1.50. The number of carboxylic acids is 1. The Kier molecular flexibility index (Phi) is 10.2. The summed E-state index contributed by atoms with van der Waals surface area (Å²) < 4.78 is 0. The molecule has 0 aliphatic rings. The van der Waals surface area contributed by atoms with E-state index in [-0.39, 0.29) is 0 Å². The molecule has 0 rings (SSSR count). The van der Waals surface area contributed by atoms with Crippen molar-refractivity contribution < 1.29 is 75.2 Å². The van der Waals surface area contributed by atoms with Crippen LogP contribution in [-0.4, -0.2) is 124 Å². The lowest BCUT2D eigenvalue weighted by atomic mass is 10.0. The van der Waals surface area contributed by atoms with Crippen LogP contribution in [0.3, 0.4) is 0 Å². The highest BCUT2D eigenvalue weighted by molar-refractivity contribution is 5.79. The van der Waals surface area contributed by atoms with Gasteiger partial charge in [-0.15, -0.1) is 0 Å².